The van der Waals surface area contributed by atoms with Crippen molar-refractivity contribution in [2.45, 2.75) is 0 Å². The van der Waals surface area contributed by atoms with Gasteiger partial charge in [0.2, 0.25) is 0 Å². The van der Waals surface area contributed by atoms with Gasteiger partial charge in [0, 0.05) is 0 Å². The van der Waals surface area contributed by atoms with Gasteiger partial charge in [0.1, 0.15) is 0 Å². The van der Waals surface area contributed by atoms with Gasteiger partial charge in [-0.3, -0.25) is 0 Å². The fourth-order valence-corrected chi connectivity index (χ4v) is 0. The molecule has 0 saturated heterocycles. The molecule has 0 rings (SSSR count). The van der Waals surface area contributed by atoms with Gasteiger partial charge in [-0.1, -0.05) is 0 Å². The second kappa shape index (κ2) is 700. The van der Waals surface area contributed by atoms with Gasteiger partial charge in [-0.25, -0.2) is 0 Å². The van der Waals surface area contributed by atoms with E-state index in [0.717, 1.165) is 0 Å². The normalized spacial score (nSPS) is 0. The molecule has 0 aliphatic heterocycles. The molecule has 0 heterocycles. The fourth-order valence-electron chi connectivity index (χ4n) is 0. The molecule has 0 aromatic heterocycles. The summed E-state index contributed by atoms with van der Waals surface area (Å²) in [4.78, 5) is 0. The van der Waals surface area contributed by atoms with Crippen LogP contribution >= 0.6 is 0 Å². The van der Waals surface area contributed by atoms with E-state index in [4.69, 9.17) is 0 Å². The van der Waals surface area contributed by atoms with E-state index >= 15 is 0 Å². The fraction of sp³-hybridized carbons (Fsp3) is 0. The van der Waals surface area contributed by atoms with E-state index in [1.54, 1.807) is 0 Å². The van der Waals surface area contributed by atoms with Crippen LogP contribution in [0.3, 0.4) is 0 Å². The van der Waals surface area contributed by atoms with Crippen molar-refractivity contribution in [3.05, 3.63) is 0 Å². The van der Waals surface area contributed by atoms with Crippen LogP contribution in [-0.4, -0.2) is 0 Å². The third kappa shape index (κ3) is 340. The summed E-state index contributed by atoms with van der Waals surface area (Å²) < 4.78 is 0. The number of rotatable bonds is 0. The molecule has 0 aliphatic rings. The average molecular weight is 131 g/mol. The summed E-state index contributed by atoms with van der Waals surface area (Å²) in [6.07, 6.45) is 0. The molecule has 6 heteroatoms. The first-order valence-electron chi connectivity index (χ1n) is 0. The molecule has 0 aromatic carbocycles. The third-order valence-electron chi connectivity index (χ3n) is 0. The van der Waals surface area contributed by atoms with Crippen LogP contribution in [0.25, 0.3) is 0 Å². The van der Waals surface area contributed by atoms with Gasteiger partial charge in [-0.15, -0.1) is 0 Å². The summed E-state index contributed by atoms with van der Waals surface area (Å²) in [5.41, 5.74) is 0. The first-order chi connectivity index (χ1) is 0. The van der Waals surface area contributed by atoms with Crippen LogP contribution in [0.1, 0.15) is 0 Å². The SMILES string of the molecule is [O+2].[O+2].[O+2].[O+2].[O+2].[V+5]. The van der Waals surface area contributed by atoms with E-state index < -0.39 is 0 Å². The minimum absolute atomic E-state index is 0. The van der Waals surface area contributed by atoms with Crippen molar-refractivity contribution < 1.29 is 45.9 Å². The monoisotopic (exact) mass is 131 g/mol. The molecule has 0 bridgehead atoms. The van der Waals surface area contributed by atoms with Crippen molar-refractivity contribution in [1.82, 2.24) is 0 Å². The van der Waals surface area contributed by atoms with Gasteiger partial charge in [-0.2, -0.15) is 0 Å². The summed E-state index contributed by atoms with van der Waals surface area (Å²) in [5, 5.41) is 0. The Morgan fingerprint density at radius 2 is 0.333 bits per heavy atom. The smallest absolute Gasteiger partial charge is 2.00 e. The second-order valence-electron chi connectivity index (χ2n) is 0. The topological polar surface area (TPSA) is 142 Å². The molecule has 0 amide bonds. The van der Waals surface area contributed by atoms with Crippen molar-refractivity contribution in [3.8, 4) is 0 Å². The maximum atomic E-state index is 0. The molecule has 0 aromatic rings. The van der Waals surface area contributed by atoms with Crippen molar-refractivity contribution in [1.29, 1.82) is 0 Å². The van der Waals surface area contributed by atoms with Crippen LogP contribution in [0.4, 0.5) is 0 Å². The molecule has 0 fully saturated rings. The maximum absolute atomic E-state index is 0. The minimum Gasteiger partial charge on any atom is 2.00 e. The Morgan fingerprint density at radius 3 is 0.333 bits per heavy atom. The van der Waals surface area contributed by atoms with Crippen molar-refractivity contribution in [3.63, 3.8) is 0 Å². The molecule has 5 nitrogen and oxygen atoms in total. The second-order valence-corrected chi connectivity index (χ2v) is 0. The Bertz CT molecular complexity index is 3.90. The van der Waals surface area contributed by atoms with Gasteiger partial charge in [-0.05, 0) is 0 Å². The first kappa shape index (κ1) is 1250. The van der Waals surface area contributed by atoms with Crippen LogP contribution in [0, 0.1) is 0 Å². The van der Waals surface area contributed by atoms with Crippen LogP contribution in [0.5, 0.6) is 0 Å². The predicted octanol–water partition coefficient (Wildman–Crippen LogP) is -0.596. The summed E-state index contributed by atoms with van der Waals surface area (Å²) in [5.74, 6) is 0. The number of hydrogen-bond donors (Lipinski definition) is 0. The summed E-state index contributed by atoms with van der Waals surface area (Å²) in [6, 6.07) is 0. The van der Waals surface area contributed by atoms with Gasteiger partial charge < -0.3 is 0 Å². The molecular formula is O5V+15. The Morgan fingerprint density at radius 1 is 0.333 bits per heavy atom. The first-order valence-corrected chi connectivity index (χ1v) is 0. The van der Waals surface area contributed by atoms with Crippen molar-refractivity contribution in [2.24, 2.45) is 0 Å². The molecular weight excluding hydrogens is 131 g/mol. The maximum Gasteiger partial charge on any atom is 5.00 e. The van der Waals surface area contributed by atoms with Crippen molar-refractivity contribution >= 4 is 0 Å². The Kier molecular flexibility index (Phi) is 146000. The van der Waals surface area contributed by atoms with Gasteiger partial charge in [0.25, 0.3) is 0 Å². The van der Waals surface area contributed by atoms with E-state index in [9.17, 15) is 0 Å². The van der Waals surface area contributed by atoms with E-state index in [1.165, 1.54) is 0 Å². The molecule has 0 saturated carbocycles. The Balaban J connectivity index is 0. The molecule has 0 spiro atoms. The van der Waals surface area contributed by atoms with E-state index in [-0.39, 0.29) is 45.9 Å². The zero-order valence-electron chi connectivity index (χ0n) is 2.49. The average Bonchev–Trinajstić information content (AvgIpc) is 0. The summed E-state index contributed by atoms with van der Waals surface area (Å²) in [6.45, 7) is 0. The predicted molar refractivity (Wildman–Crippen MR) is 3.43 cm³/mol. The quantitative estimate of drug-likeness (QED) is 0.413. The van der Waals surface area contributed by atoms with Gasteiger partial charge >= 0.3 is 45.9 Å². The third-order valence-corrected chi connectivity index (χ3v) is 0. The van der Waals surface area contributed by atoms with E-state index in [2.05, 4.69) is 0 Å². The molecule has 0 unspecified atom stereocenters. The molecule has 0 aliphatic carbocycles. The molecule has 20 valence electrons. The van der Waals surface area contributed by atoms with Crippen LogP contribution < -0.4 is 0 Å². The molecule has 0 N–H and O–H groups in total. The molecule has 0 atom stereocenters. The number of hydrogen-bond acceptors (Lipinski definition) is 0. The van der Waals surface area contributed by atoms with Crippen LogP contribution in [0.2, 0.25) is 0 Å². The van der Waals surface area contributed by atoms with E-state index in [0.29, 0.717) is 0 Å². The zero-order valence-corrected chi connectivity index (χ0v) is 3.89. The summed E-state index contributed by atoms with van der Waals surface area (Å²) >= 11 is 0. The molecule has 6 heavy (non-hydrogen) atoms. The summed E-state index contributed by atoms with van der Waals surface area (Å²) in [7, 11) is 0. The van der Waals surface area contributed by atoms with Crippen LogP contribution in [-0.2, 0) is 45.9 Å². The van der Waals surface area contributed by atoms with Gasteiger partial charge in [0.15, 0.2) is 0 Å². The van der Waals surface area contributed by atoms with Crippen molar-refractivity contribution in [2.75, 3.05) is 0 Å². The standard InChI is InChI=1S/5O.V/q5*+2;+5. The zero-order chi connectivity index (χ0) is 0. The Labute approximate surface area is 46.8 Å². The Hall–Kier alpha value is 0.384. The largest absolute Gasteiger partial charge is 5.00 e. The van der Waals surface area contributed by atoms with E-state index in [1.807, 2.05) is 0 Å². The minimum atomic E-state index is 0. The van der Waals surface area contributed by atoms with Crippen LogP contribution in [0.15, 0.2) is 0 Å². The van der Waals surface area contributed by atoms with Gasteiger partial charge in [0.05, 0.1) is 0 Å². The molecule has 20 radical (unpaired) electrons.